The van der Waals surface area contributed by atoms with E-state index in [-0.39, 0.29) is 0 Å². The van der Waals surface area contributed by atoms with Crippen molar-refractivity contribution in [1.82, 2.24) is 5.32 Å². The zero-order valence-corrected chi connectivity index (χ0v) is 9.05. The molecule has 2 aliphatic rings. The topological polar surface area (TPSA) is 12.0 Å². The minimum atomic E-state index is 0.833. The summed E-state index contributed by atoms with van der Waals surface area (Å²) in [6.45, 7) is 4.67. The Morgan fingerprint density at radius 1 is 1.15 bits per heavy atom. The van der Waals surface area contributed by atoms with Crippen LogP contribution in [0.15, 0.2) is 0 Å². The van der Waals surface area contributed by atoms with Gasteiger partial charge in [-0.2, -0.15) is 0 Å². The lowest BCUT2D eigenvalue weighted by Crippen LogP contribution is -2.45. The van der Waals surface area contributed by atoms with Crippen molar-refractivity contribution in [2.24, 2.45) is 11.8 Å². The second-order valence-electron chi connectivity index (χ2n) is 5.37. The first kappa shape index (κ1) is 9.51. The van der Waals surface area contributed by atoms with Crippen LogP contribution < -0.4 is 5.32 Å². The van der Waals surface area contributed by atoms with Crippen LogP contribution in [0.2, 0.25) is 0 Å². The molecule has 1 nitrogen and oxygen atoms in total. The average molecular weight is 181 g/mol. The molecule has 3 atom stereocenters. The predicted molar refractivity (Wildman–Crippen MR) is 56.7 cm³/mol. The van der Waals surface area contributed by atoms with Gasteiger partial charge < -0.3 is 5.32 Å². The molecule has 1 aliphatic heterocycles. The number of piperidine rings is 1. The third kappa shape index (κ3) is 2.25. The molecule has 2 fully saturated rings. The van der Waals surface area contributed by atoms with Gasteiger partial charge in [0.25, 0.3) is 0 Å². The summed E-state index contributed by atoms with van der Waals surface area (Å²) in [6, 6.07) is 1.72. The Labute approximate surface area is 82.3 Å². The normalized spacial score (nSPS) is 39.5. The molecule has 1 heteroatoms. The SMILES string of the molecule is CC(C)CC1CCC2CCCC2N1. The van der Waals surface area contributed by atoms with Crippen molar-refractivity contribution in [3.63, 3.8) is 0 Å². The second-order valence-corrected chi connectivity index (χ2v) is 5.37. The highest BCUT2D eigenvalue weighted by Crippen LogP contribution is 2.34. The van der Waals surface area contributed by atoms with E-state index in [4.69, 9.17) is 0 Å². The monoisotopic (exact) mass is 181 g/mol. The minimum absolute atomic E-state index is 0.833. The lowest BCUT2D eigenvalue weighted by Gasteiger charge is -2.34. The zero-order chi connectivity index (χ0) is 9.26. The maximum absolute atomic E-state index is 3.85. The molecular weight excluding hydrogens is 158 g/mol. The number of fused-ring (bicyclic) bond motifs is 1. The molecule has 1 N–H and O–H groups in total. The first-order chi connectivity index (χ1) is 6.25. The molecule has 0 spiro atoms. The average Bonchev–Trinajstić information content (AvgIpc) is 2.49. The van der Waals surface area contributed by atoms with E-state index in [1.54, 1.807) is 0 Å². The van der Waals surface area contributed by atoms with Gasteiger partial charge in [-0.1, -0.05) is 20.3 Å². The molecule has 0 aromatic heterocycles. The highest BCUT2D eigenvalue weighted by atomic mass is 15.0. The van der Waals surface area contributed by atoms with Crippen LogP contribution in [0.25, 0.3) is 0 Å². The maximum atomic E-state index is 3.85. The molecule has 3 unspecified atom stereocenters. The second kappa shape index (κ2) is 4.00. The molecule has 1 aliphatic carbocycles. The molecule has 0 aromatic rings. The van der Waals surface area contributed by atoms with Crippen molar-refractivity contribution in [3.05, 3.63) is 0 Å². The van der Waals surface area contributed by atoms with E-state index in [0.29, 0.717) is 0 Å². The van der Waals surface area contributed by atoms with Crippen molar-refractivity contribution in [3.8, 4) is 0 Å². The minimum Gasteiger partial charge on any atom is -0.311 e. The number of hydrogen-bond acceptors (Lipinski definition) is 1. The van der Waals surface area contributed by atoms with Gasteiger partial charge in [0, 0.05) is 12.1 Å². The standard InChI is InChI=1S/C12H23N/c1-9(2)8-11-7-6-10-4-3-5-12(10)13-11/h9-13H,3-8H2,1-2H3. The van der Waals surface area contributed by atoms with Gasteiger partial charge >= 0.3 is 0 Å². The fourth-order valence-corrected chi connectivity index (χ4v) is 3.16. The van der Waals surface area contributed by atoms with E-state index in [1.165, 1.54) is 38.5 Å². The highest BCUT2D eigenvalue weighted by Gasteiger charge is 2.32. The van der Waals surface area contributed by atoms with Crippen molar-refractivity contribution >= 4 is 0 Å². The summed E-state index contributed by atoms with van der Waals surface area (Å²) in [4.78, 5) is 0. The van der Waals surface area contributed by atoms with Crippen LogP contribution in [-0.4, -0.2) is 12.1 Å². The summed E-state index contributed by atoms with van der Waals surface area (Å²) in [7, 11) is 0. The summed E-state index contributed by atoms with van der Waals surface area (Å²) < 4.78 is 0. The summed E-state index contributed by atoms with van der Waals surface area (Å²) in [5, 5.41) is 3.85. The number of hydrogen-bond donors (Lipinski definition) is 1. The van der Waals surface area contributed by atoms with Gasteiger partial charge in [0.1, 0.15) is 0 Å². The van der Waals surface area contributed by atoms with Crippen molar-refractivity contribution < 1.29 is 0 Å². The van der Waals surface area contributed by atoms with Gasteiger partial charge in [0.15, 0.2) is 0 Å². The molecule has 0 bridgehead atoms. The summed E-state index contributed by atoms with van der Waals surface area (Å²) in [6.07, 6.45) is 8.71. The lowest BCUT2D eigenvalue weighted by molar-refractivity contribution is 0.237. The van der Waals surface area contributed by atoms with E-state index in [9.17, 15) is 0 Å². The molecule has 1 saturated carbocycles. The van der Waals surface area contributed by atoms with Gasteiger partial charge in [0.05, 0.1) is 0 Å². The fraction of sp³-hybridized carbons (Fsp3) is 1.00. The lowest BCUT2D eigenvalue weighted by atomic mass is 9.87. The molecule has 0 radical (unpaired) electrons. The van der Waals surface area contributed by atoms with Crippen LogP contribution in [0.3, 0.4) is 0 Å². The van der Waals surface area contributed by atoms with E-state index in [0.717, 1.165) is 23.9 Å². The van der Waals surface area contributed by atoms with Crippen LogP contribution in [-0.2, 0) is 0 Å². The number of rotatable bonds is 2. The Kier molecular flexibility index (Phi) is 2.92. The van der Waals surface area contributed by atoms with Crippen LogP contribution in [0, 0.1) is 11.8 Å². The first-order valence-electron chi connectivity index (χ1n) is 6.01. The molecule has 0 amide bonds. The Bertz CT molecular complexity index is 165. The Hall–Kier alpha value is -0.0400. The molecule has 1 heterocycles. The summed E-state index contributed by atoms with van der Waals surface area (Å²) in [5.74, 6) is 1.89. The van der Waals surface area contributed by atoms with Gasteiger partial charge in [-0.15, -0.1) is 0 Å². The zero-order valence-electron chi connectivity index (χ0n) is 9.05. The summed E-state index contributed by atoms with van der Waals surface area (Å²) in [5.41, 5.74) is 0. The Morgan fingerprint density at radius 2 is 2.00 bits per heavy atom. The smallest absolute Gasteiger partial charge is 0.00979 e. The van der Waals surface area contributed by atoms with Gasteiger partial charge in [0.2, 0.25) is 0 Å². The Morgan fingerprint density at radius 3 is 2.77 bits per heavy atom. The summed E-state index contributed by atoms with van der Waals surface area (Å²) >= 11 is 0. The molecule has 13 heavy (non-hydrogen) atoms. The van der Waals surface area contributed by atoms with Crippen LogP contribution in [0.5, 0.6) is 0 Å². The van der Waals surface area contributed by atoms with E-state index in [2.05, 4.69) is 19.2 Å². The maximum Gasteiger partial charge on any atom is 0.00979 e. The van der Waals surface area contributed by atoms with Crippen LogP contribution >= 0.6 is 0 Å². The van der Waals surface area contributed by atoms with Crippen molar-refractivity contribution in [2.75, 3.05) is 0 Å². The molecule has 2 rings (SSSR count). The quantitative estimate of drug-likeness (QED) is 0.690. The Balaban J connectivity index is 1.83. The number of nitrogens with one attached hydrogen (secondary N) is 1. The third-order valence-corrected chi connectivity index (χ3v) is 3.75. The van der Waals surface area contributed by atoms with Crippen molar-refractivity contribution in [1.29, 1.82) is 0 Å². The first-order valence-corrected chi connectivity index (χ1v) is 6.01. The van der Waals surface area contributed by atoms with Gasteiger partial charge in [-0.25, -0.2) is 0 Å². The van der Waals surface area contributed by atoms with E-state index >= 15 is 0 Å². The van der Waals surface area contributed by atoms with Crippen LogP contribution in [0.1, 0.15) is 52.4 Å². The highest BCUT2D eigenvalue weighted by molar-refractivity contribution is 4.90. The predicted octanol–water partition coefficient (Wildman–Crippen LogP) is 2.95. The third-order valence-electron chi connectivity index (χ3n) is 3.75. The largest absolute Gasteiger partial charge is 0.311 e. The van der Waals surface area contributed by atoms with Crippen LogP contribution in [0.4, 0.5) is 0 Å². The van der Waals surface area contributed by atoms with Gasteiger partial charge in [-0.05, 0) is 43.9 Å². The fourth-order valence-electron chi connectivity index (χ4n) is 3.16. The van der Waals surface area contributed by atoms with Gasteiger partial charge in [-0.3, -0.25) is 0 Å². The van der Waals surface area contributed by atoms with E-state index in [1.807, 2.05) is 0 Å². The van der Waals surface area contributed by atoms with Crippen molar-refractivity contribution in [2.45, 2.75) is 64.5 Å². The van der Waals surface area contributed by atoms with E-state index < -0.39 is 0 Å². The molecule has 0 aromatic carbocycles. The molecule has 76 valence electrons. The molecular formula is C12H23N. The molecule has 1 saturated heterocycles.